The van der Waals surface area contributed by atoms with Crippen LogP contribution in [-0.2, 0) is 37.2 Å². The van der Waals surface area contributed by atoms with Gasteiger partial charge >= 0.3 is 86.3 Å². The molecule has 0 aliphatic carbocycles. The van der Waals surface area contributed by atoms with Gasteiger partial charge in [-0.05, 0) is 0 Å². The number of carbonyl (C=O) groups is 1. The molecular formula is C8H14HgO3. The van der Waals surface area contributed by atoms with E-state index in [1.54, 1.807) is 7.11 Å². The van der Waals surface area contributed by atoms with Gasteiger partial charge in [-0.25, -0.2) is 0 Å². The summed E-state index contributed by atoms with van der Waals surface area (Å²) in [6.45, 7) is 3.41. The molecule has 0 aliphatic rings. The van der Waals surface area contributed by atoms with Gasteiger partial charge in [0.2, 0.25) is 0 Å². The Kier molecular flexibility index (Phi) is 7.81. The molecule has 0 aromatic carbocycles. The normalized spacial score (nSPS) is 12.6. The first kappa shape index (κ1) is 12.1. The molecule has 66 valence electrons. The van der Waals surface area contributed by atoms with Gasteiger partial charge in [0, 0.05) is 0 Å². The second-order valence-electron chi connectivity index (χ2n) is 2.43. The first-order valence-electron chi connectivity index (χ1n) is 3.99. The topological polar surface area (TPSA) is 35.5 Å². The van der Waals surface area contributed by atoms with Crippen LogP contribution in [-0.4, -0.2) is 19.2 Å². The Labute approximate surface area is 86.2 Å². The number of rotatable bonds is 5. The zero-order valence-electron chi connectivity index (χ0n) is 7.87. The van der Waals surface area contributed by atoms with E-state index in [0.29, 0.717) is 0 Å². The maximum atomic E-state index is 10.4. The third kappa shape index (κ3) is 6.79. The minimum atomic E-state index is -1.43. The van der Waals surface area contributed by atoms with Gasteiger partial charge < -0.3 is 0 Å². The monoisotopic (exact) mass is 360 g/mol. The fourth-order valence-corrected chi connectivity index (χ4v) is 4.97. The standard InChI is InChI=1S/C6H11O.C2H4O2.Hg/c1-4-5-6(2)7-3;1-2(3)4;/h4-6H,2H2,1,3H3;1H3,(H,3,4);/q;;+1/p-1/b5-4+;;. The molecule has 0 N–H and O–H groups in total. The van der Waals surface area contributed by atoms with Crippen molar-refractivity contribution in [1.82, 2.24) is 0 Å². The summed E-state index contributed by atoms with van der Waals surface area (Å²) in [6.07, 6.45) is 4.09. The molecule has 3 nitrogen and oxygen atoms in total. The molecule has 0 aliphatic heterocycles. The molecule has 4 heteroatoms. The Morgan fingerprint density at radius 2 is 2.33 bits per heavy atom. The first-order valence-corrected chi connectivity index (χ1v) is 10.1. The van der Waals surface area contributed by atoms with Gasteiger partial charge in [0.05, 0.1) is 0 Å². The van der Waals surface area contributed by atoms with Crippen LogP contribution in [0.15, 0.2) is 12.2 Å². The third-order valence-corrected chi connectivity index (χ3v) is 6.92. The summed E-state index contributed by atoms with van der Waals surface area (Å²) < 4.78 is 11.1. The molecule has 0 fully saturated rings. The molecule has 0 spiro atoms. The second kappa shape index (κ2) is 7.74. The molecule has 12 heavy (non-hydrogen) atoms. The number of allylic oxidation sites excluding steroid dienone is 1. The van der Waals surface area contributed by atoms with Gasteiger partial charge in [-0.3, -0.25) is 0 Å². The molecule has 0 saturated carbocycles. The van der Waals surface area contributed by atoms with Crippen molar-refractivity contribution >= 4 is 5.97 Å². The molecule has 1 atom stereocenters. The van der Waals surface area contributed by atoms with Crippen molar-refractivity contribution in [1.29, 1.82) is 0 Å². The van der Waals surface area contributed by atoms with Crippen LogP contribution < -0.4 is 0 Å². The van der Waals surface area contributed by atoms with E-state index in [9.17, 15) is 4.79 Å². The van der Waals surface area contributed by atoms with Crippen molar-refractivity contribution in [2.45, 2.75) is 23.9 Å². The molecule has 0 amide bonds. The molecule has 0 aromatic rings. The van der Waals surface area contributed by atoms with Crippen LogP contribution in [0.5, 0.6) is 0 Å². The van der Waals surface area contributed by atoms with Crippen molar-refractivity contribution in [3.8, 4) is 0 Å². The van der Waals surface area contributed by atoms with Crippen molar-refractivity contribution in [2.24, 2.45) is 0 Å². The molecule has 0 aromatic heterocycles. The summed E-state index contributed by atoms with van der Waals surface area (Å²) in [6, 6.07) is 0. The van der Waals surface area contributed by atoms with E-state index in [2.05, 4.69) is 0 Å². The van der Waals surface area contributed by atoms with E-state index in [4.69, 9.17) is 7.38 Å². The average Bonchev–Trinajstić information content (AvgIpc) is 2.02. The molecule has 1 unspecified atom stereocenters. The molecule has 0 rings (SSSR count). The summed E-state index contributed by atoms with van der Waals surface area (Å²) in [5.74, 6) is -0.146. The van der Waals surface area contributed by atoms with Gasteiger partial charge in [-0.15, -0.1) is 0 Å². The van der Waals surface area contributed by atoms with Crippen LogP contribution in [0.4, 0.5) is 0 Å². The van der Waals surface area contributed by atoms with Crippen LogP contribution in [0.2, 0.25) is 3.93 Å². The van der Waals surface area contributed by atoms with Gasteiger partial charge in [0.25, 0.3) is 0 Å². The SMILES string of the molecule is C/C=C/C([CH2][Hg][O]C(C)=O)OC. The molecule has 0 bridgehead atoms. The van der Waals surface area contributed by atoms with Gasteiger partial charge in [-0.1, -0.05) is 0 Å². The number of carbonyl (C=O) groups excluding carboxylic acids is 1. The molecule has 0 heterocycles. The minimum absolute atomic E-state index is 0.146. The van der Waals surface area contributed by atoms with E-state index in [1.807, 2.05) is 19.1 Å². The quantitative estimate of drug-likeness (QED) is 0.552. The van der Waals surface area contributed by atoms with E-state index in [-0.39, 0.29) is 12.1 Å². The molecular weight excluding hydrogens is 345 g/mol. The van der Waals surface area contributed by atoms with E-state index in [1.165, 1.54) is 6.92 Å². The Hall–Kier alpha value is 0.105. The van der Waals surface area contributed by atoms with Crippen LogP contribution in [0.3, 0.4) is 0 Å². The predicted octanol–water partition coefficient (Wildman–Crippen LogP) is 1.56. The summed E-state index contributed by atoms with van der Waals surface area (Å²) in [5, 5.41) is 0. The number of hydrogen-bond donors (Lipinski definition) is 0. The first-order chi connectivity index (χ1) is 5.70. The van der Waals surface area contributed by atoms with E-state index >= 15 is 0 Å². The fourth-order valence-electron chi connectivity index (χ4n) is 0.826. The maximum absolute atomic E-state index is 10.4. The second-order valence-corrected chi connectivity index (χ2v) is 7.38. The Balaban J connectivity index is 3.51. The van der Waals surface area contributed by atoms with Crippen LogP contribution in [0.25, 0.3) is 0 Å². The van der Waals surface area contributed by atoms with Gasteiger partial charge in [-0.2, -0.15) is 0 Å². The third-order valence-electron chi connectivity index (χ3n) is 1.42. The number of ether oxygens (including phenoxy) is 1. The van der Waals surface area contributed by atoms with Gasteiger partial charge in [0.1, 0.15) is 0 Å². The number of methoxy groups -OCH3 is 1. The molecule has 0 radical (unpaired) electrons. The zero-order valence-corrected chi connectivity index (χ0v) is 13.4. The summed E-state index contributed by atoms with van der Waals surface area (Å²) in [4.78, 5) is 10.4. The van der Waals surface area contributed by atoms with Crippen molar-refractivity contribution < 1.29 is 37.2 Å². The molecule has 0 saturated heterocycles. The van der Waals surface area contributed by atoms with Crippen LogP contribution >= 0.6 is 0 Å². The van der Waals surface area contributed by atoms with Gasteiger partial charge in [0.15, 0.2) is 0 Å². The summed E-state index contributed by atoms with van der Waals surface area (Å²) in [5.41, 5.74) is 0. The Morgan fingerprint density at radius 1 is 1.67 bits per heavy atom. The van der Waals surface area contributed by atoms with Crippen molar-refractivity contribution in [2.75, 3.05) is 7.11 Å². The van der Waals surface area contributed by atoms with Crippen LogP contribution in [0.1, 0.15) is 13.8 Å². The van der Waals surface area contributed by atoms with Crippen molar-refractivity contribution in [3.05, 3.63) is 12.2 Å². The average molecular weight is 359 g/mol. The number of hydrogen-bond acceptors (Lipinski definition) is 3. The van der Waals surface area contributed by atoms with Crippen LogP contribution in [0, 0.1) is 0 Å². The zero-order chi connectivity index (χ0) is 9.40. The fraction of sp³-hybridized carbons (Fsp3) is 0.625. The summed E-state index contributed by atoms with van der Waals surface area (Å²) in [7, 11) is 1.67. The summed E-state index contributed by atoms with van der Waals surface area (Å²) >= 11 is -1.43. The van der Waals surface area contributed by atoms with E-state index < -0.39 is 25.0 Å². The Morgan fingerprint density at radius 3 is 2.75 bits per heavy atom. The Bertz CT molecular complexity index is 156. The van der Waals surface area contributed by atoms with Crippen molar-refractivity contribution in [3.63, 3.8) is 0 Å². The van der Waals surface area contributed by atoms with E-state index in [0.717, 1.165) is 3.93 Å². The predicted molar refractivity (Wildman–Crippen MR) is 42.2 cm³/mol.